The second kappa shape index (κ2) is 12.0. The Morgan fingerprint density at radius 1 is 1.24 bits per heavy atom. The number of hydrogen-bond acceptors (Lipinski definition) is 6. The molecule has 1 aliphatic carbocycles. The largest absolute Gasteiger partial charge is 0.513 e. The summed E-state index contributed by atoms with van der Waals surface area (Å²) in [5.74, 6) is 3.09. The van der Waals surface area contributed by atoms with Crippen LogP contribution in [0.15, 0.2) is 17.9 Å². The van der Waals surface area contributed by atoms with Gasteiger partial charge in [-0.25, -0.2) is 13.7 Å². The minimum absolute atomic E-state index is 0.0753. The Hall–Kier alpha value is -2.18. The van der Waals surface area contributed by atoms with Gasteiger partial charge in [-0.3, -0.25) is 0 Å². The summed E-state index contributed by atoms with van der Waals surface area (Å²) in [6.45, 7) is 6.94. The third kappa shape index (κ3) is 5.55. The van der Waals surface area contributed by atoms with E-state index in [0.717, 1.165) is 35.1 Å². The number of carbonyl (C=O) groups is 1. The molecule has 0 aromatic heterocycles. The molecule has 8 heteroatoms. The highest BCUT2D eigenvalue weighted by molar-refractivity contribution is 7.93. The number of terminal acetylenes is 1. The molecule has 3 rings (SSSR count). The van der Waals surface area contributed by atoms with Crippen LogP contribution in [-0.2, 0) is 42.8 Å². The van der Waals surface area contributed by atoms with Gasteiger partial charge < -0.3 is 18.9 Å². The summed E-state index contributed by atoms with van der Waals surface area (Å²) in [6.07, 6.45) is 9.12. The van der Waals surface area contributed by atoms with Gasteiger partial charge in [-0.1, -0.05) is 19.8 Å². The first-order valence-corrected chi connectivity index (χ1v) is 13.1. The minimum atomic E-state index is -1.59. The lowest BCUT2D eigenvalue weighted by atomic mass is 9.78. The van der Waals surface area contributed by atoms with Gasteiger partial charge in [0.15, 0.2) is 5.76 Å². The van der Waals surface area contributed by atoms with Gasteiger partial charge >= 0.3 is 6.16 Å². The smallest absolute Gasteiger partial charge is 0.434 e. The molecule has 0 radical (unpaired) electrons. The monoisotopic (exact) mass is 489 g/mol. The van der Waals surface area contributed by atoms with Gasteiger partial charge in [-0.2, -0.15) is 0 Å². The van der Waals surface area contributed by atoms with E-state index < -0.39 is 22.7 Å². The van der Waals surface area contributed by atoms with Crippen LogP contribution >= 0.6 is 0 Å². The first-order chi connectivity index (χ1) is 16.4. The van der Waals surface area contributed by atoms with Crippen molar-refractivity contribution in [2.45, 2.75) is 70.9 Å². The van der Waals surface area contributed by atoms with E-state index in [4.69, 9.17) is 25.4 Å². The fourth-order valence-electron chi connectivity index (χ4n) is 4.82. The van der Waals surface area contributed by atoms with Crippen molar-refractivity contribution in [3.63, 3.8) is 0 Å². The van der Waals surface area contributed by atoms with Gasteiger partial charge in [0.25, 0.3) is 0 Å². The van der Waals surface area contributed by atoms with E-state index in [1.165, 1.54) is 0 Å². The molecule has 34 heavy (non-hydrogen) atoms. The lowest BCUT2D eigenvalue weighted by Crippen LogP contribution is -2.49. The van der Waals surface area contributed by atoms with Crippen molar-refractivity contribution in [1.82, 2.24) is 4.72 Å². The average molecular weight is 490 g/mol. The molecule has 0 saturated heterocycles. The second-order valence-electron chi connectivity index (χ2n) is 8.50. The summed E-state index contributed by atoms with van der Waals surface area (Å²) in [5, 5.41) is 0. The first kappa shape index (κ1) is 26.4. The highest BCUT2D eigenvalue weighted by Crippen LogP contribution is 2.47. The number of aryl methyl sites for hydroxylation is 2. The second-order valence-corrected chi connectivity index (χ2v) is 9.65. The van der Waals surface area contributed by atoms with Crippen LogP contribution < -0.4 is 4.72 Å². The van der Waals surface area contributed by atoms with E-state index in [2.05, 4.69) is 10.6 Å². The molecule has 1 saturated carbocycles. The normalized spacial score (nSPS) is 24.3. The van der Waals surface area contributed by atoms with Gasteiger partial charge in [0.1, 0.15) is 15.9 Å². The van der Waals surface area contributed by atoms with E-state index in [1.807, 2.05) is 26.0 Å². The molecule has 1 aromatic rings. The molecule has 3 unspecified atom stereocenters. The Labute approximate surface area is 205 Å². The van der Waals surface area contributed by atoms with Crippen LogP contribution in [0, 0.1) is 12.3 Å². The number of hydrogen-bond donors (Lipinski definition) is 1. The standard InChI is InChI=1S/C26H35NO6S/c1-6-18-15-19(7-2)22(20(8-3)16-18)23-24(33-25(28)31-9-4)26(27-34(23)29)12-10-11-21(17-26)32-14-13-30-5/h1,15-16,21,27H,7-14,17H2,2-5H3. The van der Waals surface area contributed by atoms with Crippen molar-refractivity contribution in [3.8, 4) is 12.3 Å². The number of nitrogens with one attached hydrogen (secondary N) is 1. The Bertz CT molecular complexity index is 972. The zero-order valence-corrected chi connectivity index (χ0v) is 21.3. The summed E-state index contributed by atoms with van der Waals surface area (Å²) in [7, 11) is 0.0461. The Kier molecular flexibility index (Phi) is 9.31. The lowest BCUT2D eigenvalue weighted by Gasteiger charge is -2.38. The molecular weight excluding hydrogens is 454 g/mol. The fraction of sp³-hybridized carbons (Fsp3) is 0.577. The minimum Gasteiger partial charge on any atom is -0.434 e. The van der Waals surface area contributed by atoms with Gasteiger partial charge in [-0.05, 0) is 68.7 Å². The Morgan fingerprint density at radius 3 is 2.53 bits per heavy atom. The number of methoxy groups -OCH3 is 1. The van der Waals surface area contributed by atoms with Crippen LogP contribution in [-0.4, -0.2) is 48.9 Å². The molecular formula is C26H35NO6S. The SMILES string of the molecule is C#Cc1cc(CC)c(C2=C(OC(=O)OCC)C3(CCCC(OCCOC)C3)NS2=O)c(CC)c1. The lowest BCUT2D eigenvalue weighted by molar-refractivity contribution is -0.0206. The van der Waals surface area contributed by atoms with Crippen LogP contribution in [0.3, 0.4) is 0 Å². The number of benzene rings is 1. The Morgan fingerprint density at radius 2 is 1.94 bits per heavy atom. The zero-order chi connectivity index (χ0) is 24.7. The maximum absolute atomic E-state index is 13.7. The molecule has 1 aromatic carbocycles. The van der Waals surface area contributed by atoms with E-state index >= 15 is 0 Å². The third-order valence-corrected chi connectivity index (χ3v) is 7.70. The molecule has 3 atom stereocenters. The molecule has 1 fully saturated rings. The summed E-state index contributed by atoms with van der Waals surface area (Å²) in [5.41, 5.74) is 2.78. The number of rotatable bonds is 9. The molecule has 1 heterocycles. The van der Waals surface area contributed by atoms with Crippen LogP contribution in [0.5, 0.6) is 0 Å². The van der Waals surface area contributed by atoms with Crippen molar-refractivity contribution in [2.75, 3.05) is 26.9 Å². The predicted molar refractivity (Wildman–Crippen MR) is 132 cm³/mol. The van der Waals surface area contributed by atoms with Crippen LogP contribution in [0.25, 0.3) is 4.91 Å². The van der Waals surface area contributed by atoms with E-state index in [-0.39, 0.29) is 12.7 Å². The molecule has 7 nitrogen and oxygen atoms in total. The average Bonchev–Trinajstić information content (AvgIpc) is 3.07. The number of ether oxygens (including phenoxy) is 4. The van der Waals surface area contributed by atoms with Gasteiger partial charge in [0.05, 0.1) is 31.5 Å². The van der Waals surface area contributed by atoms with E-state index in [0.29, 0.717) is 49.6 Å². The first-order valence-electron chi connectivity index (χ1n) is 11.9. The molecule has 0 amide bonds. The highest BCUT2D eigenvalue weighted by Gasteiger charge is 2.51. The maximum Gasteiger partial charge on any atom is 0.513 e. The Balaban J connectivity index is 2.15. The zero-order valence-electron chi connectivity index (χ0n) is 20.5. The molecule has 0 bridgehead atoms. The number of carbonyl (C=O) groups excluding carboxylic acids is 1. The summed E-state index contributed by atoms with van der Waals surface area (Å²) < 4.78 is 39.1. The van der Waals surface area contributed by atoms with E-state index in [1.54, 1.807) is 14.0 Å². The van der Waals surface area contributed by atoms with Crippen molar-refractivity contribution in [3.05, 3.63) is 40.1 Å². The summed E-state index contributed by atoms with van der Waals surface area (Å²) in [6, 6.07) is 3.90. The van der Waals surface area contributed by atoms with Crippen molar-refractivity contribution in [1.29, 1.82) is 0 Å². The van der Waals surface area contributed by atoms with Crippen LogP contribution in [0.1, 0.15) is 68.7 Å². The van der Waals surface area contributed by atoms with Gasteiger partial charge in [0.2, 0.25) is 0 Å². The molecule has 1 spiro atoms. The van der Waals surface area contributed by atoms with Gasteiger partial charge in [0, 0.05) is 18.2 Å². The highest BCUT2D eigenvalue weighted by atomic mass is 32.2. The van der Waals surface area contributed by atoms with Crippen LogP contribution in [0.2, 0.25) is 0 Å². The predicted octanol–water partition coefficient (Wildman–Crippen LogP) is 4.25. The maximum atomic E-state index is 13.7. The molecule has 1 aliphatic heterocycles. The molecule has 2 aliphatic rings. The van der Waals surface area contributed by atoms with Crippen molar-refractivity contribution >= 4 is 22.0 Å². The third-order valence-electron chi connectivity index (χ3n) is 6.37. The fourth-order valence-corrected chi connectivity index (χ4v) is 6.41. The quantitative estimate of drug-likeness (QED) is 0.317. The van der Waals surface area contributed by atoms with E-state index in [9.17, 15) is 9.00 Å². The molecule has 1 N–H and O–H groups in total. The summed E-state index contributed by atoms with van der Waals surface area (Å²) in [4.78, 5) is 13.0. The van der Waals surface area contributed by atoms with Crippen LogP contribution in [0.4, 0.5) is 4.79 Å². The topological polar surface area (TPSA) is 83.1 Å². The van der Waals surface area contributed by atoms with Crippen molar-refractivity contribution in [2.24, 2.45) is 0 Å². The summed E-state index contributed by atoms with van der Waals surface area (Å²) >= 11 is 0. The van der Waals surface area contributed by atoms with Gasteiger partial charge in [-0.15, -0.1) is 6.42 Å². The molecule has 186 valence electrons. The van der Waals surface area contributed by atoms with Crippen molar-refractivity contribution < 1.29 is 28.0 Å².